The zero-order valence-electron chi connectivity index (χ0n) is 27.5. The summed E-state index contributed by atoms with van der Waals surface area (Å²) in [6.45, 7) is 6.29. The van der Waals surface area contributed by atoms with Crippen LogP contribution in [0, 0.1) is 35.0 Å². The van der Waals surface area contributed by atoms with Gasteiger partial charge in [-0.15, -0.1) is 0 Å². The summed E-state index contributed by atoms with van der Waals surface area (Å²) >= 11 is 0. The third-order valence-electron chi connectivity index (χ3n) is 11.2. The molecule has 1 aromatic carbocycles. The van der Waals surface area contributed by atoms with Gasteiger partial charge in [-0.3, -0.25) is 9.59 Å². The second-order valence-corrected chi connectivity index (χ2v) is 14.9. The number of aldehydes is 1. The Hall–Kier alpha value is -3.07. The van der Waals surface area contributed by atoms with E-state index in [4.69, 9.17) is 24.2 Å². The smallest absolute Gasteiger partial charge is 0.306 e. The molecule has 0 spiro atoms. The third kappa shape index (κ3) is 6.34. The standard InChI is InChI=1S/C36H49N3O6/c1-36(2,3)26-18-32(41)45-33-22-12-11-21(15-22)25(33)9-7-6-8-10-27-29(38-30-17-24(43-4)13-14-28(30)37-27)16-23-19-39(35(26)42)31(20-40)34(23)44-5/h13-14,17,20-23,25-26,31,33-34H,6-12,15-16,18-19H2,1-5H3/t21-,22+,23+,25-,26-,31-,33-,34-/m1/s1. The summed E-state index contributed by atoms with van der Waals surface area (Å²) in [5, 5.41) is 0. The highest BCUT2D eigenvalue weighted by Crippen LogP contribution is 2.52. The Morgan fingerprint density at radius 3 is 2.44 bits per heavy atom. The van der Waals surface area contributed by atoms with Gasteiger partial charge in [0, 0.05) is 25.6 Å². The first-order chi connectivity index (χ1) is 21.6. The first-order valence-corrected chi connectivity index (χ1v) is 16.9. The minimum atomic E-state index is -0.748. The van der Waals surface area contributed by atoms with Crippen LogP contribution in [-0.4, -0.2) is 72.0 Å². The average molecular weight is 620 g/mol. The van der Waals surface area contributed by atoms with Crippen molar-refractivity contribution in [2.45, 2.75) is 103 Å². The van der Waals surface area contributed by atoms with Crippen LogP contribution in [0.25, 0.3) is 11.0 Å². The number of hydrogen-bond acceptors (Lipinski definition) is 8. The fourth-order valence-corrected chi connectivity index (χ4v) is 8.80. The Balaban J connectivity index is 1.37. The molecule has 9 nitrogen and oxygen atoms in total. The highest BCUT2D eigenvalue weighted by molar-refractivity contribution is 5.87. The van der Waals surface area contributed by atoms with Crippen molar-refractivity contribution in [1.82, 2.24) is 14.9 Å². The van der Waals surface area contributed by atoms with Gasteiger partial charge in [-0.1, -0.05) is 33.6 Å². The topological polar surface area (TPSA) is 108 Å². The van der Waals surface area contributed by atoms with Crippen molar-refractivity contribution in [3.8, 4) is 5.75 Å². The van der Waals surface area contributed by atoms with Crippen LogP contribution >= 0.6 is 0 Å². The minimum absolute atomic E-state index is 0.00939. The van der Waals surface area contributed by atoms with Crippen molar-refractivity contribution >= 4 is 29.2 Å². The third-order valence-corrected chi connectivity index (χ3v) is 11.2. The number of amides is 1. The molecule has 6 rings (SSSR count). The van der Waals surface area contributed by atoms with Gasteiger partial charge in [0.15, 0.2) is 0 Å². The summed E-state index contributed by atoms with van der Waals surface area (Å²) in [6.07, 6.45) is 9.29. The summed E-state index contributed by atoms with van der Waals surface area (Å²) in [7, 11) is 3.24. The molecule has 2 aliphatic carbocycles. The quantitative estimate of drug-likeness (QED) is 0.334. The molecule has 4 bridgehead atoms. The molecule has 244 valence electrons. The van der Waals surface area contributed by atoms with Crippen molar-refractivity contribution in [1.29, 1.82) is 0 Å². The number of carbonyl (C=O) groups is 3. The first kappa shape index (κ1) is 31.9. The van der Waals surface area contributed by atoms with Crippen molar-refractivity contribution < 1.29 is 28.6 Å². The number of hydrogen-bond donors (Lipinski definition) is 0. The van der Waals surface area contributed by atoms with Crippen LogP contribution in [0.15, 0.2) is 18.2 Å². The molecule has 0 N–H and O–H groups in total. The maximum atomic E-state index is 14.3. The second kappa shape index (κ2) is 13.0. The van der Waals surface area contributed by atoms with Crippen molar-refractivity contribution in [2.75, 3.05) is 20.8 Å². The van der Waals surface area contributed by atoms with Crippen LogP contribution in [0.2, 0.25) is 0 Å². The van der Waals surface area contributed by atoms with Gasteiger partial charge in [0.1, 0.15) is 24.2 Å². The van der Waals surface area contributed by atoms with Gasteiger partial charge in [-0.25, -0.2) is 9.97 Å². The van der Waals surface area contributed by atoms with Gasteiger partial charge in [0.2, 0.25) is 5.91 Å². The summed E-state index contributed by atoms with van der Waals surface area (Å²) in [5.41, 5.74) is 2.93. The molecule has 3 fully saturated rings. The number of aromatic nitrogens is 2. The summed E-state index contributed by atoms with van der Waals surface area (Å²) in [5.74, 6) is 0.887. The Bertz CT molecular complexity index is 1420. The molecule has 0 unspecified atom stereocenters. The molecular formula is C36H49N3O6. The van der Waals surface area contributed by atoms with Gasteiger partial charge in [-0.05, 0) is 80.2 Å². The van der Waals surface area contributed by atoms with E-state index in [0.29, 0.717) is 30.7 Å². The Morgan fingerprint density at radius 1 is 0.933 bits per heavy atom. The normalized spacial score (nSPS) is 32.9. The number of aryl methyl sites for hydroxylation is 1. The lowest BCUT2D eigenvalue weighted by Gasteiger charge is -2.35. The minimum Gasteiger partial charge on any atom is -0.497 e. The molecule has 1 aromatic heterocycles. The van der Waals surface area contributed by atoms with Crippen LogP contribution in [0.3, 0.4) is 0 Å². The van der Waals surface area contributed by atoms with Crippen molar-refractivity contribution in [2.24, 2.45) is 35.0 Å². The van der Waals surface area contributed by atoms with Crippen LogP contribution in [0.5, 0.6) is 5.75 Å². The van der Waals surface area contributed by atoms with Gasteiger partial charge < -0.3 is 23.9 Å². The fourth-order valence-electron chi connectivity index (χ4n) is 8.80. The number of nitrogens with zero attached hydrogens (tertiary/aromatic N) is 3. The average Bonchev–Trinajstić information content (AvgIpc) is 3.72. The van der Waals surface area contributed by atoms with E-state index in [2.05, 4.69) is 0 Å². The van der Waals surface area contributed by atoms with E-state index in [0.717, 1.165) is 79.4 Å². The van der Waals surface area contributed by atoms with Crippen LogP contribution in [0.1, 0.15) is 83.5 Å². The Labute approximate surface area is 266 Å². The van der Waals surface area contributed by atoms with Crippen molar-refractivity contribution in [3.63, 3.8) is 0 Å². The maximum Gasteiger partial charge on any atom is 0.306 e. The van der Waals surface area contributed by atoms with Gasteiger partial charge >= 0.3 is 5.97 Å². The number of esters is 1. The number of methoxy groups -OCH3 is 2. The zero-order valence-corrected chi connectivity index (χ0v) is 27.5. The molecule has 3 heterocycles. The Morgan fingerprint density at radius 2 is 1.71 bits per heavy atom. The lowest BCUT2D eigenvalue weighted by molar-refractivity contribution is -0.161. The highest BCUT2D eigenvalue weighted by atomic mass is 16.5. The summed E-state index contributed by atoms with van der Waals surface area (Å²) in [6, 6.07) is 5.01. The molecule has 2 saturated carbocycles. The number of ether oxygens (including phenoxy) is 3. The van der Waals surface area contributed by atoms with Gasteiger partial charge in [0.05, 0.1) is 48.0 Å². The lowest BCUT2D eigenvalue weighted by atomic mass is 9.77. The van der Waals surface area contributed by atoms with Gasteiger partial charge in [0.25, 0.3) is 0 Å². The summed E-state index contributed by atoms with van der Waals surface area (Å²) < 4.78 is 17.7. The number of carbonyl (C=O) groups excluding carboxylic acids is 3. The fraction of sp³-hybridized carbons (Fsp3) is 0.694. The lowest BCUT2D eigenvalue weighted by Crippen LogP contribution is -2.47. The van der Waals surface area contributed by atoms with E-state index in [1.807, 2.05) is 39.0 Å². The van der Waals surface area contributed by atoms with E-state index in [1.165, 1.54) is 6.42 Å². The van der Waals surface area contributed by atoms with E-state index in [-0.39, 0.29) is 30.3 Å². The molecule has 45 heavy (non-hydrogen) atoms. The molecule has 1 saturated heterocycles. The monoisotopic (exact) mass is 619 g/mol. The highest BCUT2D eigenvalue weighted by Gasteiger charge is 2.51. The SMILES string of the molecule is COc1ccc2nc3c(nc2c1)C[C@H]1CN(C(=O)[C@H](C(C)(C)C)CC(=O)O[C@@H]2[C@H]4CC[C@H](C4)[C@H]2CCCCC3)[C@H](C=O)[C@@H]1OC. The Kier molecular flexibility index (Phi) is 9.19. The maximum absolute atomic E-state index is 14.3. The molecular weight excluding hydrogens is 570 g/mol. The molecule has 0 radical (unpaired) electrons. The molecule has 9 heteroatoms. The van der Waals surface area contributed by atoms with E-state index in [1.54, 1.807) is 19.1 Å². The molecule has 2 aromatic rings. The van der Waals surface area contributed by atoms with Crippen LogP contribution < -0.4 is 4.74 Å². The largest absolute Gasteiger partial charge is 0.497 e. The summed E-state index contributed by atoms with van der Waals surface area (Å²) in [4.78, 5) is 52.3. The predicted molar refractivity (Wildman–Crippen MR) is 170 cm³/mol. The first-order valence-electron chi connectivity index (χ1n) is 16.9. The zero-order chi connectivity index (χ0) is 31.9. The molecule has 8 atom stereocenters. The number of fused-ring (bicyclic) bond motifs is 9. The van der Waals surface area contributed by atoms with E-state index in [9.17, 15) is 14.4 Å². The van der Waals surface area contributed by atoms with Crippen molar-refractivity contribution in [3.05, 3.63) is 29.6 Å². The van der Waals surface area contributed by atoms with E-state index >= 15 is 0 Å². The van der Waals surface area contributed by atoms with Crippen LogP contribution in [-0.2, 0) is 36.7 Å². The van der Waals surface area contributed by atoms with E-state index < -0.39 is 23.5 Å². The number of benzene rings is 1. The number of rotatable bonds is 3. The predicted octanol–water partition coefficient (Wildman–Crippen LogP) is 5.35. The van der Waals surface area contributed by atoms with Crippen LogP contribution in [0.4, 0.5) is 0 Å². The molecule has 2 aliphatic heterocycles. The van der Waals surface area contributed by atoms with Gasteiger partial charge in [-0.2, -0.15) is 0 Å². The molecule has 1 amide bonds. The second-order valence-electron chi connectivity index (χ2n) is 14.9. The molecule has 4 aliphatic rings.